The highest BCUT2D eigenvalue weighted by Crippen LogP contribution is 2.09. The highest BCUT2D eigenvalue weighted by atomic mass is 32.1. The summed E-state index contributed by atoms with van der Waals surface area (Å²) in [6.07, 6.45) is 1.91. The largest absolute Gasteiger partial charge is 0.385 e. The minimum atomic E-state index is 0.719. The number of guanidine groups is 1. The van der Waals surface area contributed by atoms with Gasteiger partial charge in [-0.05, 0) is 24.3 Å². The fourth-order valence-corrected chi connectivity index (χ4v) is 2.21. The van der Waals surface area contributed by atoms with E-state index in [1.165, 1.54) is 4.88 Å². The van der Waals surface area contributed by atoms with Crippen LogP contribution in [0.4, 0.5) is 0 Å². The van der Waals surface area contributed by atoms with Crippen molar-refractivity contribution in [2.45, 2.75) is 12.8 Å². The Bertz CT molecular complexity index is 340. The van der Waals surface area contributed by atoms with Crippen LogP contribution in [0.15, 0.2) is 22.5 Å². The number of thiophene rings is 1. The first-order valence-corrected chi connectivity index (χ1v) is 6.89. The molecule has 0 aliphatic carbocycles. The number of hydrogen-bond acceptors (Lipinski definition) is 4. The normalized spacial score (nSPS) is 11.6. The van der Waals surface area contributed by atoms with Crippen LogP contribution in [0.1, 0.15) is 11.3 Å². The zero-order valence-electron chi connectivity index (χ0n) is 11.1. The fraction of sp³-hybridized carbons (Fsp3) is 0.583. The van der Waals surface area contributed by atoms with Crippen molar-refractivity contribution in [2.75, 3.05) is 33.9 Å². The summed E-state index contributed by atoms with van der Waals surface area (Å²) in [5.74, 6) is 6.21. The Labute approximate surface area is 113 Å². The van der Waals surface area contributed by atoms with Crippen molar-refractivity contribution in [3.8, 4) is 0 Å². The molecular weight excluding hydrogens is 248 g/mol. The zero-order chi connectivity index (χ0) is 13.2. The lowest BCUT2D eigenvalue weighted by molar-refractivity contribution is 0.197. The monoisotopic (exact) mass is 270 g/mol. The van der Waals surface area contributed by atoms with Crippen molar-refractivity contribution in [3.63, 3.8) is 0 Å². The highest BCUT2D eigenvalue weighted by molar-refractivity contribution is 7.09. The number of rotatable bonds is 7. The van der Waals surface area contributed by atoms with E-state index in [2.05, 4.69) is 27.9 Å². The number of likely N-dealkylation sites (N-methyl/N-ethyl adjacent to an activating group) is 1. The molecule has 5 nitrogen and oxygen atoms in total. The van der Waals surface area contributed by atoms with Crippen molar-refractivity contribution in [3.05, 3.63) is 22.4 Å². The summed E-state index contributed by atoms with van der Waals surface area (Å²) in [5, 5.41) is 2.09. The second kappa shape index (κ2) is 8.91. The first-order valence-electron chi connectivity index (χ1n) is 6.01. The molecule has 3 N–H and O–H groups in total. The molecule has 0 saturated heterocycles. The fourth-order valence-electron chi connectivity index (χ4n) is 1.51. The lowest BCUT2D eigenvalue weighted by Gasteiger charge is -2.20. The third-order valence-corrected chi connectivity index (χ3v) is 3.47. The summed E-state index contributed by atoms with van der Waals surface area (Å²) >= 11 is 1.77. The molecule has 18 heavy (non-hydrogen) atoms. The van der Waals surface area contributed by atoms with Gasteiger partial charge in [-0.3, -0.25) is 10.4 Å². The number of hydrazine groups is 1. The summed E-state index contributed by atoms with van der Waals surface area (Å²) < 4.78 is 4.98. The Hall–Kier alpha value is -1.11. The van der Waals surface area contributed by atoms with Crippen molar-refractivity contribution in [2.24, 2.45) is 10.8 Å². The number of nitrogens with zero attached hydrogens (tertiary/aromatic N) is 2. The summed E-state index contributed by atoms with van der Waals surface area (Å²) in [6, 6.07) is 4.21. The smallest absolute Gasteiger partial charge is 0.208 e. The molecule has 0 bridgehead atoms. The average Bonchev–Trinajstić information content (AvgIpc) is 2.89. The molecule has 1 heterocycles. The van der Waals surface area contributed by atoms with Gasteiger partial charge in [0.2, 0.25) is 5.96 Å². The minimum absolute atomic E-state index is 0.719. The van der Waals surface area contributed by atoms with Crippen LogP contribution in [0, 0.1) is 0 Å². The summed E-state index contributed by atoms with van der Waals surface area (Å²) in [5.41, 5.74) is 2.65. The van der Waals surface area contributed by atoms with Crippen LogP contribution in [0.5, 0.6) is 0 Å². The first-order chi connectivity index (χ1) is 8.77. The number of ether oxygens (including phenoxy) is 1. The van der Waals surface area contributed by atoms with Crippen LogP contribution < -0.4 is 11.3 Å². The second-order valence-corrected chi connectivity index (χ2v) is 4.98. The topological polar surface area (TPSA) is 62.9 Å². The molecule has 102 valence electrons. The van der Waals surface area contributed by atoms with E-state index in [-0.39, 0.29) is 0 Å². The molecule has 1 aromatic heterocycles. The maximum Gasteiger partial charge on any atom is 0.208 e. The molecule has 6 heteroatoms. The van der Waals surface area contributed by atoms with Gasteiger partial charge < -0.3 is 9.64 Å². The van der Waals surface area contributed by atoms with E-state index in [0.717, 1.165) is 38.5 Å². The molecule has 0 aliphatic rings. The van der Waals surface area contributed by atoms with Crippen LogP contribution in [0.25, 0.3) is 0 Å². The lowest BCUT2D eigenvalue weighted by Crippen LogP contribution is -2.43. The van der Waals surface area contributed by atoms with Crippen LogP contribution in [-0.4, -0.2) is 44.7 Å². The van der Waals surface area contributed by atoms with Gasteiger partial charge in [-0.15, -0.1) is 11.3 Å². The number of methoxy groups -OCH3 is 1. The van der Waals surface area contributed by atoms with E-state index < -0.39 is 0 Å². The van der Waals surface area contributed by atoms with E-state index in [0.29, 0.717) is 0 Å². The Morgan fingerprint density at radius 1 is 1.61 bits per heavy atom. The number of nitrogens with two attached hydrogens (primary N) is 1. The molecule has 1 aromatic rings. The van der Waals surface area contributed by atoms with E-state index in [9.17, 15) is 0 Å². The summed E-state index contributed by atoms with van der Waals surface area (Å²) in [4.78, 5) is 7.82. The predicted octanol–water partition coefficient (Wildman–Crippen LogP) is 1.08. The zero-order valence-corrected chi connectivity index (χ0v) is 11.9. The van der Waals surface area contributed by atoms with Gasteiger partial charge in [0.15, 0.2) is 0 Å². The molecule has 0 atom stereocenters. The third-order valence-electron chi connectivity index (χ3n) is 2.53. The molecule has 0 unspecified atom stereocenters. The molecule has 0 radical (unpaired) electrons. The van der Waals surface area contributed by atoms with Gasteiger partial charge in [-0.25, -0.2) is 5.84 Å². The van der Waals surface area contributed by atoms with Gasteiger partial charge in [0.25, 0.3) is 0 Å². The van der Waals surface area contributed by atoms with Crippen molar-refractivity contribution in [1.29, 1.82) is 0 Å². The predicted molar refractivity (Wildman–Crippen MR) is 76.8 cm³/mol. The van der Waals surface area contributed by atoms with E-state index in [1.54, 1.807) is 18.4 Å². The Balaban J connectivity index is 2.33. The van der Waals surface area contributed by atoms with Gasteiger partial charge in [-0.1, -0.05) is 6.07 Å². The first kappa shape index (κ1) is 14.9. The Morgan fingerprint density at radius 2 is 2.44 bits per heavy atom. The molecule has 0 spiro atoms. The third kappa shape index (κ3) is 5.48. The van der Waals surface area contributed by atoms with Gasteiger partial charge >= 0.3 is 0 Å². The SMILES string of the molecule is COCCCN=C(NN)N(C)CCc1cccs1. The van der Waals surface area contributed by atoms with E-state index in [4.69, 9.17) is 10.6 Å². The van der Waals surface area contributed by atoms with Crippen LogP contribution in [0.3, 0.4) is 0 Å². The molecule has 0 saturated carbocycles. The van der Waals surface area contributed by atoms with Crippen molar-refractivity contribution < 1.29 is 4.74 Å². The molecule has 0 aromatic carbocycles. The number of nitrogens with one attached hydrogen (secondary N) is 1. The van der Waals surface area contributed by atoms with Gasteiger partial charge in [0.05, 0.1) is 0 Å². The molecule has 0 amide bonds. The van der Waals surface area contributed by atoms with Gasteiger partial charge in [-0.2, -0.15) is 0 Å². The van der Waals surface area contributed by atoms with Crippen LogP contribution >= 0.6 is 11.3 Å². The summed E-state index contributed by atoms with van der Waals surface area (Å²) in [6.45, 7) is 2.34. The standard InChI is InChI=1S/C12H22N4OS/c1-16(8-6-11-5-3-10-18-11)12(15-13)14-7-4-9-17-2/h3,5,10H,4,6-9,13H2,1-2H3,(H,14,15). The maximum atomic E-state index is 5.49. The van der Waals surface area contributed by atoms with Gasteiger partial charge in [0.1, 0.15) is 0 Å². The maximum absolute atomic E-state index is 5.49. The minimum Gasteiger partial charge on any atom is -0.385 e. The van der Waals surface area contributed by atoms with Crippen LogP contribution in [-0.2, 0) is 11.2 Å². The Kier molecular flexibility index (Phi) is 7.40. The van der Waals surface area contributed by atoms with E-state index >= 15 is 0 Å². The van der Waals surface area contributed by atoms with Gasteiger partial charge in [0, 0.05) is 38.7 Å². The molecule has 0 fully saturated rings. The number of hydrogen-bond donors (Lipinski definition) is 2. The van der Waals surface area contributed by atoms with Crippen molar-refractivity contribution >= 4 is 17.3 Å². The molecule has 1 rings (SSSR count). The molecule has 0 aliphatic heterocycles. The lowest BCUT2D eigenvalue weighted by atomic mass is 10.3. The summed E-state index contributed by atoms with van der Waals surface area (Å²) in [7, 11) is 3.68. The highest BCUT2D eigenvalue weighted by Gasteiger charge is 2.05. The quantitative estimate of drug-likeness (QED) is 0.256. The number of aliphatic imine (C=N–C) groups is 1. The Morgan fingerprint density at radius 3 is 3.06 bits per heavy atom. The van der Waals surface area contributed by atoms with E-state index in [1.807, 2.05) is 11.9 Å². The second-order valence-electron chi connectivity index (χ2n) is 3.95. The average molecular weight is 270 g/mol. The molecular formula is C12H22N4OS. The van der Waals surface area contributed by atoms with Crippen molar-refractivity contribution in [1.82, 2.24) is 10.3 Å². The van der Waals surface area contributed by atoms with Crippen LogP contribution in [0.2, 0.25) is 0 Å².